The molecule has 0 aliphatic rings. The number of anilines is 1. The molecule has 0 aliphatic heterocycles. The van der Waals surface area contributed by atoms with Crippen molar-refractivity contribution in [1.29, 1.82) is 5.26 Å². The van der Waals surface area contributed by atoms with Crippen LogP contribution in [0.15, 0.2) is 42.5 Å². The molecule has 2 nitrogen and oxygen atoms in total. The van der Waals surface area contributed by atoms with E-state index in [1.165, 1.54) is 0 Å². The van der Waals surface area contributed by atoms with Crippen molar-refractivity contribution in [1.82, 2.24) is 0 Å². The molecule has 0 aromatic heterocycles. The molecule has 0 amide bonds. The highest BCUT2D eigenvalue weighted by molar-refractivity contribution is 5.44. The third-order valence-electron chi connectivity index (χ3n) is 1.44. The molecule has 0 fully saturated rings. The Labute approximate surface area is 72.1 Å². The van der Waals surface area contributed by atoms with Crippen LogP contribution in [0.5, 0.6) is 0 Å². The second-order valence-electron chi connectivity index (χ2n) is 2.43. The smallest absolute Gasteiger partial charge is 0.0959 e. The van der Waals surface area contributed by atoms with Crippen LogP contribution in [-0.2, 0) is 0 Å². The highest BCUT2D eigenvalue weighted by Crippen LogP contribution is 2.04. The molecular weight excluding hydrogens is 148 g/mol. The number of nitrogens with zero attached hydrogens (tertiary/aromatic N) is 1. The van der Waals surface area contributed by atoms with Crippen molar-refractivity contribution in [3.63, 3.8) is 0 Å². The third-order valence-corrected chi connectivity index (χ3v) is 1.44. The highest BCUT2D eigenvalue weighted by atomic mass is 14.9. The molecule has 2 heteroatoms. The van der Waals surface area contributed by atoms with Crippen LogP contribution in [0.25, 0.3) is 0 Å². The van der Waals surface area contributed by atoms with Crippen molar-refractivity contribution >= 4 is 5.69 Å². The van der Waals surface area contributed by atoms with Gasteiger partial charge in [0.25, 0.3) is 0 Å². The lowest BCUT2D eigenvalue weighted by atomic mass is 10.3. The van der Waals surface area contributed by atoms with Crippen LogP contribution in [0, 0.1) is 11.3 Å². The van der Waals surface area contributed by atoms with Crippen LogP contribution in [0.1, 0.15) is 0 Å². The Morgan fingerprint density at radius 3 is 2.67 bits per heavy atom. The van der Waals surface area contributed by atoms with E-state index in [0.29, 0.717) is 12.1 Å². The number of hydrogen-bond acceptors (Lipinski definition) is 2. The lowest BCUT2D eigenvalue weighted by Gasteiger charge is -2.02. The summed E-state index contributed by atoms with van der Waals surface area (Å²) in [5, 5.41) is 11.5. The second-order valence-corrected chi connectivity index (χ2v) is 2.43. The SMILES string of the molecule is C=C(C#N)CNc1ccccc1. The maximum absolute atomic E-state index is 8.42. The fraction of sp³-hybridized carbons (Fsp3) is 0.100. The van der Waals surface area contributed by atoms with Gasteiger partial charge in [-0.05, 0) is 12.1 Å². The minimum Gasteiger partial charge on any atom is -0.380 e. The Hall–Kier alpha value is -1.75. The summed E-state index contributed by atoms with van der Waals surface area (Å²) in [7, 11) is 0. The zero-order valence-electron chi connectivity index (χ0n) is 6.75. The van der Waals surface area contributed by atoms with Gasteiger partial charge in [-0.2, -0.15) is 5.26 Å². The van der Waals surface area contributed by atoms with E-state index in [1.54, 1.807) is 0 Å². The zero-order chi connectivity index (χ0) is 8.81. The molecule has 0 radical (unpaired) electrons. The Balaban J connectivity index is 2.45. The molecule has 0 bridgehead atoms. The summed E-state index contributed by atoms with van der Waals surface area (Å²) < 4.78 is 0. The van der Waals surface area contributed by atoms with Crippen LogP contribution in [0.4, 0.5) is 5.69 Å². The van der Waals surface area contributed by atoms with Gasteiger partial charge < -0.3 is 5.32 Å². The fourth-order valence-electron chi connectivity index (χ4n) is 0.804. The summed E-state index contributed by atoms with van der Waals surface area (Å²) in [6.45, 7) is 4.08. The van der Waals surface area contributed by atoms with Crippen molar-refractivity contribution < 1.29 is 0 Å². The minimum absolute atomic E-state index is 0.514. The maximum atomic E-state index is 8.42. The van der Waals surface area contributed by atoms with Gasteiger partial charge in [0.1, 0.15) is 0 Å². The van der Waals surface area contributed by atoms with Crippen LogP contribution in [0.2, 0.25) is 0 Å². The molecule has 1 aromatic rings. The van der Waals surface area contributed by atoms with E-state index in [9.17, 15) is 0 Å². The molecule has 0 aliphatic carbocycles. The van der Waals surface area contributed by atoms with Gasteiger partial charge in [-0.15, -0.1) is 0 Å². The number of benzene rings is 1. The molecule has 1 aromatic carbocycles. The molecule has 1 N–H and O–H groups in total. The van der Waals surface area contributed by atoms with E-state index in [-0.39, 0.29) is 0 Å². The van der Waals surface area contributed by atoms with Gasteiger partial charge >= 0.3 is 0 Å². The normalized spacial score (nSPS) is 8.58. The molecule has 0 atom stereocenters. The molecule has 0 spiro atoms. The Bertz CT molecular complexity index is 295. The van der Waals surface area contributed by atoms with Crippen molar-refractivity contribution in [2.75, 3.05) is 11.9 Å². The molecule has 0 unspecified atom stereocenters. The Kier molecular flexibility index (Phi) is 2.92. The maximum Gasteiger partial charge on any atom is 0.0959 e. The summed E-state index contributed by atoms with van der Waals surface area (Å²) in [4.78, 5) is 0. The summed E-state index contributed by atoms with van der Waals surface area (Å²) in [6.07, 6.45) is 0. The Morgan fingerprint density at radius 2 is 2.08 bits per heavy atom. The lowest BCUT2D eigenvalue weighted by Crippen LogP contribution is -2.01. The number of para-hydroxylation sites is 1. The summed E-state index contributed by atoms with van der Waals surface area (Å²) in [6, 6.07) is 11.7. The topological polar surface area (TPSA) is 35.8 Å². The van der Waals surface area contributed by atoms with Crippen molar-refractivity contribution in [3.8, 4) is 6.07 Å². The third kappa shape index (κ3) is 2.47. The Morgan fingerprint density at radius 1 is 1.42 bits per heavy atom. The number of rotatable bonds is 3. The number of nitrogens with one attached hydrogen (secondary N) is 1. The summed E-state index contributed by atoms with van der Waals surface area (Å²) in [5.41, 5.74) is 1.55. The van der Waals surface area contributed by atoms with Crippen LogP contribution >= 0.6 is 0 Å². The average Bonchev–Trinajstić information content (AvgIpc) is 2.16. The van der Waals surface area contributed by atoms with E-state index in [4.69, 9.17) is 5.26 Å². The molecule has 12 heavy (non-hydrogen) atoms. The molecular formula is C10H10N2. The average molecular weight is 158 g/mol. The lowest BCUT2D eigenvalue weighted by molar-refractivity contribution is 1.27. The van der Waals surface area contributed by atoms with Crippen LogP contribution < -0.4 is 5.32 Å². The summed E-state index contributed by atoms with van der Waals surface area (Å²) >= 11 is 0. The van der Waals surface area contributed by atoms with E-state index in [0.717, 1.165) is 5.69 Å². The van der Waals surface area contributed by atoms with Gasteiger partial charge in [-0.25, -0.2) is 0 Å². The van der Waals surface area contributed by atoms with E-state index in [2.05, 4.69) is 11.9 Å². The van der Waals surface area contributed by atoms with Crippen LogP contribution in [-0.4, -0.2) is 6.54 Å². The van der Waals surface area contributed by atoms with Gasteiger partial charge in [0.05, 0.1) is 6.07 Å². The predicted octanol–water partition coefficient (Wildman–Crippen LogP) is 2.18. The van der Waals surface area contributed by atoms with Gasteiger partial charge in [0.15, 0.2) is 0 Å². The first-order chi connectivity index (χ1) is 5.83. The quantitative estimate of drug-likeness (QED) is 0.684. The van der Waals surface area contributed by atoms with Gasteiger partial charge in [-0.3, -0.25) is 0 Å². The largest absolute Gasteiger partial charge is 0.380 e. The summed E-state index contributed by atoms with van der Waals surface area (Å²) in [5.74, 6) is 0. The van der Waals surface area contributed by atoms with Gasteiger partial charge in [0, 0.05) is 17.8 Å². The highest BCUT2D eigenvalue weighted by Gasteiger charge is 1.90. The minimum atomic E-state index is 0.514. The molecule has 60 valence electrons. The predicted molar refractivity (Wildman–Crippen MR) is 49.7 cm³/mol. The van der Waals surface area contributed by atoms with Crippen molar-refractivity contribution in [2.45, 2.75) is 0 Å². The van der Waals surface area contributed by atoms with Crippen molar-refractivity contribution in [3.05, 3.63) is 42.5 Å². The van der Waals surface area contributed by atoms with Crippen LogP contribution in [0.3, 0.4) is 0 Å². The zero-order valence-corrected chi connectivity index (χ0v) is 6.75. The first kappa shape index (κ1) is 8.35. The van der Waals surface area contributed by atoms with E-state index >= 15 is 0 Å². The monoisotopic (exact) mass is 158 g/mol. The molecule has 0 heterocycles. The standard InChI is InChI=1S/C10H10N2/c1-9(7-11)8-12-10-5-3-2-4-6-10/h2-6,12H,1,8H2. The van der Waals surface area contributed by atoms with Gasteiger partial charge in [0.2, 0.25) is 0 Å². The van der Waals surface area contributed by atoms with E-state index < -0.39 is 0 Å². The molecule has 0 saturated heterocycles. The first-order valence-corrected chi connectivity index (χ1v) is 3.69. The molecule has 0 saturated carbocycles. The second kappa shape index (κ2) is 4.20. The number of nitriles is 1. The first-order valence-electron chi connectivity index (χ1n) is 3.69. The molecule has 1 rings (SSSR count). The van der Waals surface area contributed by atoms with Crippen molar-refractivity contribution in [2.24, 2.45) is 0 Å². The fourth-order valence-corrected chi connectivity index (χ4v) is 0.804. The van der Waals surface area contributed by atoms with E-state index in [1.807, 2.05) is 36.4 Å². The number of hydrogen-bond donors (Lipinski definition) is 1. The van der Waals surface area contributed by atoms with Gasteiger partial charge in [-0.1, -0.05) is 24.8 Å².